The van der Waals surface area contributed by atoms with Gasteiger partial charge in [-0.05, 0) is 24.3 Å². The highest BCUT2D eigenvalue weighted by Crippen LogP contribution is 2.38. The van der Waals surface area contributed by atoms with Crippen LogP contribution < -0.4 is 14.8 Å². The van der Waals surface area contributed by atoms with E-state index in [0.717, 1.165) is 0 Å². The van der Waals surface area contributed by atoms with Gasteiger partial charge in [-0.3, -0.25) is 4.79 Å². The molecule has 108 valence electrons. The summed E-state index contributed by atoms with van der Waals surface area (Å²) in [7, 11) is 0. The minimum Gasteiger partial charge on any atom is -0.508 e. The number of ether oxygens (including phenoxy) is 2. The zero-order valence-corrected chi connectivity index (χ0v) is 11.7. The van der Waals surface area contributed by atoms with Gasteiger partial charge in [0.15, 0.2) is 11.5 Å². The summed E-state index contributed by atoms with van der Waals surface area (Å²) in [4.78, 5) is 12.2. The van der Waals surface area contributed by atoms with Crippen LogP contribution in [-0.2, 0) is 0 Å². The van der Waals surface area contributed by atoms with Crippen molar-refractivity contribution in [1.29, 1.82) is 0 Å². The van der Waals surface area contributed by atoms with Crippen LogP contribution in [-0.4, -0.2) is 24.2 Å². The highest BCUT2D eigenvalue weighted by molar-refractivity contribution is 6.32. The molecule has 5 nitrogen and oxygen atoms in total. The van der Waals surface area contributed by atoms with E-state index in [2.05, 4.69) is 5.32 Å². The maximum absolute atomic E-state index is 12.2. The third kappa shape index (κ3) is 2.87. The number of aromatic hydroxyl groups is 1. The van der Waals surface area contributed by atoms with E-state index in [-0.39, 0.29) is 11.7 Å². The van der Waals surface area contributed by atoms with Gasteiger partial charge in [0.25, 0.3) is 5.91 Å². The van der Waals surface area contributed by atoms with Crippen molar-refractivity contribution in [2.75, 3.05) is 18.5 Å². The Kier molecular flexibility index (Phi) is 3.58. The van der Waals surface area contributed by atoms with Gasteiger partial charge in [-0.25, -0.2) is 0 Å². The molecule has 0 saturated heterocycles. The van der Waals surface area contributed by atoms with E-state index < -0.39 is 0 Å². The van der Waals surface area contributed by atoms with Gasteiger partial charge in [-0.1, -0.05) is 17.7 Å². The first kappa shape index (κ1) is 13.6. The first-order valence-electron chi connectivity index (χ1n) is 6.33. The molecular formula is C15H12ClNO4. The van der Waals surface area contributed by atoms with Crippen molar-refractivity contribution in [2.24, 2.45) is 0 Å². The molecule has 0 fully saturated rings. The van der Waals surface area contributed by atoms with E-state index in [1.807, 2.05) is 0 Å². The molecule has 0 atom stereocenters. The number of carbonyl (C=O) groups is 1. The van der Waals surface area contributed by atoms with Crippen LogP contribution >= 0.6 is 11.6 Å². The Morgan fingerprint density at radius 3 is 2.81 bits per heavy atom. The van der Waals surface area contributed by atoms with E-state index in [1.54, 1.807) is 18.2 Å². The summed E-state index contributed by atoms with van der Waals surface area (Å²) in [6.07, 6.45) is 0. The van der Waals surface area contributed by atoms with E-state index in [9.17, 15) is 9.90 Å². The largest absolute Gasteiger partial charge is 0.508 e. The van der Waals surface area contributed by atoms with Gasteiger partial charge in [0, 0.05) is 17.3 Å². The fraction of sp³-hybridized carbons (Fsp3) is 0.133. The number of phenols is 1. The second kappa shape index (κ2) is 5.54. The number of anilines is 1. The van der Waals surface area contributed by atoms with Gasteiger partial charge in [0.05, 0.1) is 5.02 Å². The number of hydrogen-bond acceptors (Lipinski definition) is 4. The van der Waals surface area contributed by atoms with Crippen LogP contribution in [0.25, 0.3) is 0 Å². The Morgan fingerprint density at radius 2 is 2.00 bits per heavy atom. The smallest absolute Gasteiger partial charge is 0.255 e. The number of fused-ring (bicyclic) bond motifs is 1. The molecule has 1 amide bonds. The van der Waals surface area contributed by atoms with Crippen molar-refractivity contribution in [3.05, 3.63) is 47.0 Å². The Bertz CT molecular complexity index is 702. The second-order valence-electron chi connectivity index (χ2n) is 4.49. The van der Waals surface area contributed by atoms with E-state index in [1.165, 1.54) is 18.2 Å². The number of halogens is 1. The first-order valence-corrected chi connectivity index (χ1v) is 6.71. The van der Waals surface area contributed by atoms with Gasteiger partial charge < -0.3 is 19.9 Å². The fourth-order valence-electron chi connectivity index (χ4n) is 2.03. The molecule has 1 aliphatic heterocycles. The number of rotatable bonds is 2. The van der Waals surface area contributed by atoms with Crippen LogP contribution in [0.1, 0.15) is 10.4 Å². The van der Waals surface area contributed by atoms with Crippen molar-refractivity contribution in [2.45, 2.75) is 0 Å². The first-order chi connectivity index (χ1) is 10.1. The SMILES string of the molecule is O=C(Nc1cccc(O)c1)c1cc(Cl)c2c(c1)OCCO2. The molecule has 1 heterocycles. The lowest BCUT2D eigenvalue weighted by Crippen LogP contribution is -2.17. The van der Waals surface area contributed by atoms with E-state index >= 15 is 0 Å². The normalized spacial score (nSPS) is 12.8. The number of benzene rings is 2. The highest BCUT2D eigenvalue weighted by Gasteiger charge is 2.19. The second-order valence-corrected chi connectivity index (χ2v) is 4.89. The van der Waals surface area contributed by atoms with Crippen LogP contribution in [0.2, 0.25) is 5.02 Å². The maximum Gasteiger partial charge on any atom is 0.255 e. The molecule has 0 aromatic heterocycles. The van der Waals surface area contributed by atoms with Crippen LogP contribution in [0, 0.1) is 0 Å². The zero-order valence-electron chi connectivity index (χ0n) is 10.9. The third-order valence-corrected chi connectivity index (χ3v) is 3.24. The summed E-state index contributed by atoms with van der Waals surface area (Å²) in [5.74, 6) is 0.638. The molecule has 0 unspecified atom stereocenters. The van der Waals surface area contributed by atoms with Gasteiger partial charge >= 0.3 is 0 Å². The minimum absolute atomic E-state index is 0.0769. The highest BCUT2D eigenvalue weighted by atomic mass is 35.5. The molecule has 2 N–H and O–H groups in total. The summed E-state index contributed by atoms with van der Waals surface area (Å²) in [5.41, 5.74) is 0.846. The number of amides is 1. The number of phenolic OH excluding ortho intramolecular Hbond substituents is 1. The number of carbonyl (C=O) groups excluding carboxylic acids is 1. The van der Waals surface area contributed by atoms with Crippen molar-refractivity contribution in [1.82, 2.24) is 0 Å². The van der Waals surface area contributed by atoms with Crippen LogP contribution in [0.5, 0.6) is 17.2 Å². The lowest BCUT2D eigenvalue weighted by molar-refractivity contribution is 0.102. The Labute approximate surface area is 126 Å². The van der Waals surface area contributed by atoms with Gasteiger partial charge in [0.2, 0.25) is 0 Å². The third-order valence-electron chi connectivity index (χ3n) is 2.96. The molecule has 2 aromatic rings. The van der Waals surface area contributed by atoms with E-state index in [4.69, 9.17) is 21.1 Å². The predicted molar refractivity (Wildman–Crippen MR) is 78.5 cm³/mol. The molecule has 3 rings (SSSR count). The van der Waals surface area contributed by atoms with Crippen LogP contribution in [0.3, 0.4) is 0 Å². The summed E-state index contributed by atoms with van der Waals surface area (Å²) in [6, 6.07) is 9.40. The Hall–Kier alpha value is -2.40. The summed E-state index contributed by atoms with van der Waals surface area (Å²) in [5, 5.41) is 12.4. The molecule has 0 radical (unpaired) electrons. The molecule has 0 spiro atoms. The molecule has 2 aromatic carbocycles. The van der Waals surface area contributed by atoms with E-state index in [0.29, 0.717) is 41.0 Å². The number of nitrogens with one attached hydrogen (secondary N) is 1. The van der Waals surface area contributed by atoms with Crippen LogP contribution in [0.15, 0.2) is 36.4 Å². The lowest BCUT2D eigenvalue weighted by Gasteiger charge is -2.20. The lowest BCUT2D eigenvalue weighted by atomic mass is 10.1. The van der Waals surface area contributed by atoms with Gasteiger partial charge in [-0.2, -0.15) is 0 Å². The van der Waals surface area contributed by atoms with Crippen LogP contribution in [0.4, 0.5) is 5.69 Å². The molecule has 0 bridgehead atoms. The molecule has 0 aliphatic carbocycles. The monoisotopic (exact) mass is 305 g/mol. The standard InChI is InChI=1S/C15H12ClNO4/c16-12-6-9(7-13-14(12)21-5-4-20-13)15(19)17-10-2-1-3-11(18)8-10/h1-3,6-8,18H,4-5H2,(H,17,19). The summed E-state index contributed by atoms with van der Waals surface area (Å²) < 4.78 is 10.8. The van der Waals surface area contributed by atoms with Crippen molar-refractivity contribution < 1.29 is 19.4 Å². The topological polar surface area (TPSA) is 67.8 Å². The van der Waals surface area contributed by atoms with Crippen molar-refractivity contribution in [3.8, 4) is 17.2 Å². The predicted octanol–water partition coefficient (Wildman–Crippen LogP) is 3.07. The average Bonchev–Trinajstić information content (AvgIpc) is 2.47. The minimum atomic E-state index is -0.348. The number of hydrogen-bond donors (Lipinski definition) is 2. The Balaban J connectivity index is 1.86. The molecule has 21 heavy (non-hydrogen) atoms. The summed E-state index contributed by atoms with van der Waals surface area (Å²) in [6.45, 7) is 0.850. The molecular weight excluding hydrogens is 294 g/mol. The maximum atomic E-state index is 12.2. The molecule has 1 aliphatic rings. The average molecular weight is 306 g/mol. The quantitative estimate of drug-likeness (QED) is 0.895. The van der Waals surface area contributed by atoms with Crippen molar-refractivity contribution >= 4 is 23.2 Å². The summed E-state index contributed by atoms with van der Waals surface area (Å²) >= 11 is 6.09. The van der Waals surface area contributed by atoms with Gasteiger partial charge in [-0.15, -0.1) is 0 Å². The Morgan fingerprint density at radius 1 is 1.19 bits per heavy atom. The molecule has 6 heteroatoms. The van der Waals surface area contributed by atoms with Gasteiger partial charge in [0.1, 0.15) is 19.0 Å². The zero-order chi connectivity index (χ0) is 14.8. The fourth-order valence-corrected chi connectivity index (χ4v) is 2.29. The van der Waals surface area contributed by atoms with Crippen molar-refractivity contribution in [3.63, 3.8) is 0 Å². The molecule has 0 saturated carbocycles.